The first-order chi connectivity index (χ1) is 11.9. The van der Waals surface area contributed by atoms with Gasteiger partial charge in [-0.1, -0.05) is 27.7 Å². The molecule has 0 spiro atoms. The van der Waals surface area contributed by atoms with Gasteiger partial charge in [0.1, 0.15) is 0 Å². The molecule has 0 aliphatic heterocycles. The summed E-state index contributed by atoms with van der Waals surface area (Å²) < 4.78 is 4.02. The molecule has 0 atom stereocenters. The molecule has 0 unspecified atom stereocenters. The summed E-state index contributed by atoms with van der Waals surface area (Å²) in [7, 11) is 0. The summed E-state index contributed by atoms with van der Waals surface area (Å²) in [6.45, 7) is 21.7. The highest BCUT2D eigenvalue weighted by molar-refractivity contribution is 5.23. The number of aromatic nitrogens is 4. The van der Waals surface area contributed by atoms with Crippen LogP contribution in [0.25, 0.3) is 0 Å². The third-order valence-electron chi connectivity index (χ3n) is 3.96. The molecule has 2 aromatic heterocycles. The summed E-state index contributed by atoms with van der Waals surface area (Å²) >= 11 is 0. The predicted octanol–water partition coefficient (Wildman–Crippen LogP) is 6.22. The van der Waals surface area contributed by atoms with Crippen LogP contribution in [0.2, 0.25) is 0 Å². The molecular weight excluding hydrogens is 308 g/mol. The van der Waals surface area contributed by atoms with Crippen LogP contribution >= 0.6 is 0 Å². The lowest BCUT2D eigenvalue weighted by Gasteiger charge is -2.02. The van der Waals surface area contributed by atoms with Crippen LogP contribution in [-0.4, -0.2) is 19.6 Å². The number of nitrogens with zero attached hydrogens (tertiary/aromatic N) is 4. The summed E-state index contributed by atoms with van der Waals surface area (Å²) in [5.74, 6) is 0.794. The molecule has 2 aromatic rings. The van der Waals surface area contributed by atoms with Crippen LogP contribution < -0.4 is 0 Å². The topological polar surface area (TPSA) is 35.6 Å². The minimum atomic E-state index is 0.479. The summed E-state index contributed by atoms with van der Waals surface area (Å²) in [6.07, 6.45) is 6.93. The van der Waals surface area contributed by atoms with Gasteiger partial charge in [-0.3, -0.25) is 9.36 Å². The Morgan fingerprint density at radius 2 is 1.52 bits per heavy atom. The monoisotopic (exact) mass is 348 g/mol. The van der Waals surface area contributed by atoms with Gasteiger partial charge in [-0.15, -0.1) is 0 Å². The quantitative estimate of drug-likeness (QED) is 0.660. The van der Waals surface area contributed by atoms with Crippen LogP contribution in [0.3, 0.4) is 0 Å². The van der Waals surface area contributed by atoms with Crippen LogP contribution in [0.5, 0.6) is 0 Å². The zero-order valence-corrected chi connectivity index (χ0v) is 18.2. The van der Waals surface area contributed by atoms with Crippen molar-refractivity contribution in [1.82, 2.24) is 19.6 Å². The van der Waals surface area contributed by atoms with Gasteiger partial charge in [-0.2, -0.15) is 10.2 Å². The van der Waals surface area contributed by atoms with E-state index in [-0.39, 0.29) is 0 Å². The zero-order chi connectivity index (χ0) is 19.6. The van der Waals surface area contributed by atoms with Crippen molar-refractivity contribution in [3.05, 3.63) is 34.9 Å². The Morgan fingerprint density at radius 3 is 1.80 bits per heavy atom. The van der Waals surface area contributed by atoms with Gasteiger partial charge in [-0.05, 0) is 65.5 Å². The molecule has 144 valence electrons. The maximum atomic E-state index is 4.51. The molecule has 2 heterocycles. The fraction of sp³-hybridized carbons (Fsp3) is 0.714. The average molecular weight is 349 g/mol. The lowest BCUT2D eigenvalue weighted by Crippen LogP contribution is -2.00. The van der Waals surface area contributed by atoms with E-state index >= 15 is 0 Å². The smallest absolute Gasteiger partial charge is 0.0684 e. The molecule has 3 rings (SSSR count). The summed E-state index contributed by atoms with van der Waals surface area (Å²) in [4.78, 5) is 0. The predicted molar refractivity (Wildman–Crippen MR) is 109 cm³/mol. The molecule has 0 radical (unpaired) electrons. The van der Waals surface area contributed by atoms with Crippen molar-refractivity contribution < 1.29 is 0 Å². The minimum absolute atomic E-state index is 0.479. The molecule has 4 heteroatoms. The van der Waals surface area contributed by atoms with Crippen molar-refractivity contribution >= 4 is 0 Å². The Kier molecular flexibility index (Phi) is 11.1. The normalized spacial score (nSPS) is 12.4. The third-order valence-corrected chi connectivity index (χ3v) is 3.96. The average Bonchev–Trinajstić information content (AvgIpc) is 3.31. The molecule has 25 heavy (non-hydrogen) atoms. The lowest BCUT2D eigenvalue weighted by atomic mass is 10.2. The van der Waals surface area contributed by atoms with E-state index in [9.17, 15) is 0 Å². The molecule has 1 aliphatic rings. The molecule has 0 N–H and O–H groups in total. The van der Waals surface area contributed by atoms with Crippen molar-refractivity contribution in [3.8, 4) is 0 Å². The summed E-state index contributed by atoms with van der Waals surface area (Å²) in [5, 5.41) is 8.83. The Hall–Kier alpha value is -1.58. The first-order valence-electron chi connectivity index (χ1n) is 9.98. The number of rotatable bonds is 3. The highest BCUT2D eigenvalue weighted by atomic mass is 15.3. The molecule has 1 saturated carbocycles. The molecule has 0 bridgehead atoms. The maximum absolute atomic E-state index is 4.51. The van der Waals surface area contributed by atoms with Gasteiger partial charge < -0.3 is 0 Å². The van der Waals surface area contributed by atoms with Crippen LogP contribution in [0.15, 0.2) is 12.4 Å². The molecule has 4 nitrogen and oxygen atoms in total. The Bertz CT molecular complexity index is 570. The van der Waals surface area contributed by atoms with E-state index in [0.29, 0.717) is 6.04 Å². The fourth-order valence-electron chi connectivity index (χ4n) is 2.30. The van der Waals surface area contributed by atoms with Crippen LogP contribution in [0, 0.1) is 20.8 Å². The number of hydrogen-bond acceptors (Lipinski definition) is 2. The minimum Gasteiger partial charge on any atom is -0.272 e. The van der Waals surface area contributed by atoms with Crippen molar-refractivity contribution in [2.45, 2.75) is 101 Å². The van der Waals surface area contributed by atoms with Gasteiger partial charge in [0, 0.05) is 30.9 Å². The van der Waals surface area contributed by atoms with Crippen molar-refractivity contribution in [2.24, 2.45) is 0 Å². The summed E-state index contributed by atoms with van der Waals surface area (Å²) in [5.41, 5.74) is 5.11. The van der Waals surface area contributed by atoms with Gasteiger partial charge >= 0.3 is 0 Å². The fourth-order valence-corrected chi connectivity index (χ4v) is 2.30. The standard InChI is InChI=1S/C9H14N2.C8H14N2.2C2H6/c1-3-11-6-7(2)9(10-11)8-4-5-8;1-6(2)10-5-7(3)8(4)9-10;2*1-2/h6,8H,3-5H2,1-2H3;5-6H,1-4H3;2*1-2H3. The van der Waals surface area contributed by atoms with Crippen LogP contribution in [0.1, 0.15) is 95.8 Å². The Labute approximate surface area is 155 Å². The van der Waals surface area contributed by atoms with Gasteiger partial charge in [0.25, 0.3) is 0 Å². The number of aryl methyl sites for hydroxylation is 4. The molecule has 0 aromatic carbocycles. The second-order valence-corrected chi connectivity index (χ2v) is 6.30. The van der Waals surface area contributed by atoms with Gasteiger partial charge in [-0.25, -0.2) is 0 Å². The van der Waals surface area contributed by atoms with E-state index in [1.807, 2.05) is 44.0 Å². The van der Waals surface area contributed by atoms with Gasteiger partial charge in [0.15, 0.2) is 0 Å². The second-order valence-electron chi connectivity index (χ2n) is 6.30. The highest BCUT2D eigenvalue weighted by Gasteiger charge is 2.27. The highest BCUT2D eigenvalue weighted by Crippen LogP contribution is 2.40. The third kappa shape index (κ3) is 7.45. The molecule has 1 aliphatic carbocycles. The van der Waals surface area contributed by atoms with Crippen molar-refractivity contribution in [3.63, 3.8) is 0 Å². The Morgan fingerprint density at radius 1 is 0.960 bits per heavy atom. The first-order valence-corrected chi connectivity index (χ1v) is 9.98. The lowest BCUT2D eigenvalue weighted by molar-refractivity contribution is 0.529. The Balaban J connectivity index is 0.000000387. The van der Waals surface area contributed by atoms with E-state index in [1.54, 1.807) is 0 Å². The SMILES string of the molecule is CC.CC.CCn1cc(C)c(C2CC2)n1.Cc1cn(C(C)C)nc1C. The van der Waals surface area contributed by atoms with Crippen LogP contribution in [-0.2, 0) is 6.54 Å². The van der Waals surface area contributed by atoms with Gasteiger partial charge in [0.05, 0.1) is 11.4 Å². The molecule has 1 fully saturated rings. The van der Waals surface area contributed by atoms with E-state index in [2.05, 4.69) is 57.2 Å². The van der Waals surface area contributed by atoms with E-state index in [4.69, 9.17) is 0 Å². The van der Waals surface area contributed by atoms with E-state index in [1.165, 1.54) is 29.7 Å². The second kappa shape index (κ2) is 11.9. The largest absolute Gasteiger partial charge is 0.272 e. The van der Waals surface area contributed by atoms with Gasteiger partial charge in [0.2, 0.25) is 0 Å². The van der Waals surface area contributed by atoms with E-state index in [0.717, 1.165) is 18.2 Å². The van der Waals surface area contributed by atoms with E-state index < -0.39 is 0 Å². The molecular formula is C21H40N4. The molecule has 0 amide bonds. The maximum Gasteiger partial charge on any atom is 0.0684 e. The van der Waals surface area contributed by atoms with Crippen molar-refractivity contribution in [1.29, 1.82) is 0 Å². The number of hydrogen-bond donors (Lipinski definition) is 0. The first kappa shape index (κ1) is 23.4. The van der Waals surface area contributed by atoms with Crippen molar-refractivity contribution in [2.75, 3.05) is 0 Å². The molecule has 0 saturated heterocycles. The zero-order valence-electron chi connectivity index (χ0n) is 18.2. The summed E-state index contributed by atoms with van der Waals surface area (Å²) in [6, 6.07) is 0.479. The van der Waals surface area contributed by atoms with Crippen LogP contribution in [0.4, 0.5) is 0 Å².